The molecule has 0 unspecified atom stereocenters. The van der Waals surface area contributed by atoms with Gasteiger partial charge in [-0.1, -0.05) is 22.9 Å². The molecule has 32 heavy (non-hydrogen) atoms. The topological polar surface area (TPSA) is 91.9 Å². The summed E-state index contributed by atoms with van der Waals surface area (Å²) in [6.07, 6.45) is -3.18. The summed E-state index contributed by atoms with van der Waals surface area (Å²) in [5.41, 5.74) is -1.44. The Hall–Kier alpha value is -3.05. The van der Waals surface area contributed by atoms with Crippen molar-refractivity contribution in [1.29, 1.82) is 0 Å². The van der Waals surface area contributed by atoms with E-state index in [9.17, 15) is 18.0 Å². The number of halogens is 4. The molecule has 2 aromatic heterocycles. The monoisotopic (exact) mass is 483 g/mol. The number of benzene rings is 2. The first-order valence-corrected chi connectivity index (χ1v) is 10.5. The second-order valence-corrected chi connectivity index (χ2v) is 8.91. The van der Waals surface area contributed by atoms with Gasteiger partial charge in [0.25, 0.3) is 5.91 Å². The van der Waals surface area contributed by atoms with Crippen LogP contribution in [0.3, 0.4) is 0 Å². The summed E-state index contributed by atoms with van der Waals surface area (Å²) >= 11 is 6.98. The lowest BCUT2D eigenvalue weighted by atomic mass is 10.0. The molecule has 0 fully saturated rings. The van der Waals surface area contributed by atoms with Crippen LogP contribution in [-0.4, -0.2) is 33.7 Å². The van der Waals surface area contributed by atoms with Crippen LogP contribution >= 0.6 is 22.9 Å². The number of methoxy groups -OCH3 is 1. The van der Waals surface area contributed by atoms with Gasteiger partial charge in [0.15, 0.2) is 5.13 Å². The summed E-state index contributed by atoms with van der Waals surface area (Å²) in [4.78, 5) is 17.0. The van der Waals surface area contributed by atoms with Crippen LogP contribution < -0.4 is 15.4 Å². The number of carbonyl (C=O) groups excluding carboxylic acids is 1. The fourth-order valence-corrected chi connectivity index (χ4v) is 4.36. The molecule has 0 aliphatic carbocycles. The molecule has 0 atom stereocenters. The van der Waals surface area contributed by atoms with Crippen LogP contribution in [0.1, 0.15) is 19.4 Å². The third-order valence-corrected chi connectivity index (χ3v) is 6.10. The number of H-pyrrole nitrogens is 1. The quantitative estimate of drug-likeness (QED) is 0.339. The Morgan fingerprint density at radius 1 is 1.25 bits per heavy atom. The van der Waals surface area contributed by atoms with E-state index in [-0.39, 0.29) is 20.9 Å². The SMILES string of the molecule is COc1cc(NC(C)(C)C(=O)Nc2nc3c(C(F)(F)F)cc4[nH]ncc4c3s2)ccc1Cl. The molecular weight excluding hydrogens is 467 g/mol. The maximum absolute atomic E-state index is 13.6. The lowest BCUT2D eigenvalue weighted by molar-refractivity contribution is -0.136. The summed E-state index contributed by atoms with van der Waals surface area (Å²) in [5.74, 6) is -0.0506. The average Bonchev–Trinajstić information content (AvgIpc) is 3.33. The summed E-state index contributed by atoms with van der Waals surface area (Å²) in [7, 11) is 1.47. The molecule has 0 aliphatic rings. The molecule has 1 amide bonds. The van der Waals surface area contributed by atoms with Gasteiger partial charge in [-0.2, -0.15) is 18.3 Å². The van der Waals surface area contributed by atoms with Crippen LogP contribution in [0.25, 0.3) is 21.1 Å². The van der Waals surface area contributed by atoms with Crippen molar-refractivity contribution < 1.29 is 22.7 Å². The maximum Gasteiger partial charge on any atom is 0.418 e. The van der Waals surface area contributed by atoms with Gasteiger partial charge < -0.3 is 10.1 Å². The number of hydrogen-bond acceptors (Lipinski definition) is 6. The molecule has 0 radical (unpaired) electrons. The first kappa shape index (κ1) is 22.2. The lowest BCUT2D eigenvalue weighted by Gasteiger charge is -2.26. The molecule has 0 aliphatic heterocycles. The normalized spacial score (nSPS) is 12.3. The first-order chi connectivity index (χ1) is 15.0. The van der Waals surface area contributed by atoms with Gasteiger partial charge in [-0.3, -0.25) is 15.2 Å². The van der Waals surface area contributed by atoms with E-state index in [0.29, 0.717) is 21.8 Å². The molecule has 168 valence electrons. The van der Waals surface area contributed by atoms with Crippen molar-refractivity contribution in [2.24, 2.45) is 0 Å². The van der Waals surface area contributed by atoms with Gasteiger partial charge in [-0.05, 0) is 32.0 Å². The van der Waals surface area contributed by atoms with E-state index in [1.54, 1.807) is 32.0 Å². The van der Waals surface area contributed by atoms with E-state index in [1.807, 2.05) is 0 Å². The minimum absolute atomic E-state index is 0.0489. The smallest absolute Gasteiger partial charge is 0.418 e. The van der Waals surface area contributed by atoms with Gasteiger partial charge in [-0.25, -0.2) is 4.98 Å². The van der Waals surface area contributed by atoms with Gasteiger partial charge >= 0.3 is 6.18 Å². The standard InChI is InChI=1S/C20H17ClF3N5O2S/c1-19(2,28-9-4-5-12(21)14(6-9)31-3)17(30)27-18-26-15-11(20(22,23)24)7-13-10(8-25-29-13)16(15)32-18/h4-8,28H,1-3H3,(H,25,29)(H,26,27,30). The van der Waals surface area contributed by atoms with Gasteiger partial charge in [0.05, 0.1) is 39.6 Å². The largest absolute Gasteiger partial charge is 0.495 e. The number of alkyl halides is 3. The summed E-state index contributed by atoms with van der Waals surface area (Å²) in [6, 6.07) is 5.91. The van der Waals surface area contributed by atoms with Crippen LogP contribution in [-0.2, 0) is 11.0 Å². The molecule has 0 spiro atoms. The Morgan fingerprint density at radius 3 is 2.69 bits per heavy atom. The van der Waals surface area contributed by atoms with E-state index in [4.69, 9.17) is 16.3 Å². The van der Waals surface area contributed by atoms with Crippen molar-refractivity contribution in [1.82, 2.24) is 15.2 Å². The zero-order chi connectivity index (χ0) is 23.3. The van der Waals surface area contributed by atoms with Crippen molar-refractivity contribution in [3.8, 4) is 5.75 Å². The molecule has 2 heterocycles. The highest BCUT2D eigenvalue weighted by atomic mass is 35.5. The number of rotatable bonds is 5. The maximum atomic E-state index is 13.6. The summed E-state index contributed by atoms with van der Waals surface area (Å²) in [5, 5.41) is 13.0. The van der Waals surface area contributed by atoms with Gasteiger partial charge in [0, 0.05) is 17.1 Å². The van der Waals surface area contributed by atoms with E-state index >= 15 is 0 Å². The molecule has 7 nitrogen and oxygen atoms in total. The molecule has 0 saturated heterocycles. The number of nitrogens with zero attached hydrogens (tertiary/aromatic N) is 2. The number of fused-ring (bicyclic) bond motifs is 3. The highest BCUT2D eigenvalue weighted by Gasteiger charge is 2.36. The first-order valence-electron chi connectivity index (χ1n) is 9.26. The van der Waals surface area contributed by atoms with E-state index < -0.39 is 23.2 Å². The third kappa shape index (κ3) is 4.05. The molecule has 4 rings (SSSR count). The number of thiazole rings is 1. The molecular formula is C20H17ClF3N5O2S. The lowest BCUT2D eigenvalue weighted by Crippen LogP contribution is -2.44. The average molecular weight is 484 g/mol. The van der Waals surface area contributed by atoms with Crippen LogP contribution in [0.5, 0.6) is 5.75 Å². The number of hydrogen-bond donors (Lipinski definition) is 3. The van der Waals surface area contributed by atoms with Crippen LogP contribution in [0.2, 0.25) is 5.02 Å². The predicted molar refractivity (Wildman–Crippen MR) is 119 cm³/mol. The van der Waals surface area contributed by atoms with E-state index in [2.05, 4.69) is 25.8 Å². The van der Waals surface area contributed by atoms with Crippen molar-refractivity contribution in [3.63, 3.8) is 0 Å². The molecule has 0 saturated carbocycles. The zero-order valence-corrected chi connectivity index (χ0v) is 18.6. The molecule has 3 N–H and O–H groups in total. The summed E-state index contributed by atoms with van der Waals surface area (Å²) in [6.45, 7) is 3.26. The highest BCUT2D eigenvalue weighted by molar-refractivity contribution is 7.23. The number of anilines is 2. The highest BCUT2D eigenvalue weighted by Crippen LogP contribution is 2.41. The Balaban J connectivity index is 1.64. The van der Waals surface area contributed by atoms with Crippen molar-refractivity contribution in [2.45, 2.75) is 25.6 Å². The summed E-state index contributed by atoms with van der Waals surface area (Å²) < 4.78 is 46.1. The number of nitrogens with one attached hydrogen (secondary N) is 3. The minimum Gasteiger partial charge on any atom is -0.495 e. The molecule has 2 aromatic carbocycles. The van der Waals surface area contributed by atoms with Crippen molar-refractivity contribution >= 4 is 60.8 Å². The van der Waals surface area contributed by atoms with E-state index in [1.165, 1.54) is 13.3 Å². The molecule has 4 aromatic rings. The molecule has 0 bridgehead atoms. The predicted octanol–water partition coefficient (Wildman–Crippen LogP) is 5.68. The minimum atomic E-state index is -4.61. The van der Waals surface area contributed by atoms with Gasteiger partial charge in [0.1, 0.15) is 11.3 Å². The fraction of sp³-hybridized carbons (Fsp3) is 0.250. The molecule has 12 heteroatoms. The van der Waals surface area contributed by atoms with Crippen LogP contribution in [0.15, 0.2) is 30.5 Å². The van der Waals surface area contributed by atoms with Gasteiger partial charge in [-0.15, -0.1) is 0 Å². The Morgan fingerprint density at radius 2 is 2.00 bits per heavy atom. The number of ether oxygens (including phenoxy) is 1. The number of aromatic nitrogens is 3. The van der Waals surface area contributed by atoms with E-state index in [0.717, 1.165) is 17.4 Å². The van der Waals surface area contributed by atoms with Crippen LogP contribution in [0, 0.1) is 0 Å². The van der Waals surface area contributed by atoms with Crippen molar-refractivity contribution in [3.05, 3.63) is 41.0 Å². The Bertz CT molecular complexity index is 1330. The Labute approximate surface area is 188 Å². The Kier molecular flexibility index (Phi) is 5.41. The fourth-order valence-electron chi connectivity index (χ4n) is 3.16. The number of amides is 1. The van der Waals surface area contributed by atoms with Crippen LogP contribution in [0.4, 0.5) is 24.0 Å². The van der Waals surface area contributed by atoms with Gasteiger partial charge in [0.2, 0.25) is 0 Å². The second-order valence-electron chi connectivity index (χ2n) is 7.50. The number of carbonyl (C=O) groups is 1. The zero-order valence-electron chi connectivity index (χ0n) is 17.0. The van der Waals surface area contributed by atoms with Crippen molar-refractivity contribution in [2.75, 3.05) is 17.7 Å². The third-order valence-electron chi connectivity index (χ3n) is 4.79. The number of aromatic amines is 1. The second kappa shape index (κ2) is 7.82.